The number of aromatic nitrogens is 2. The predicted molar refractivity (Wildman–Crippen MR) is 115 cm³/mol. The van der Waals surface area contributed by atoms with E-state index < -0.39 is 0 Å². The lowest BCUT2D eigenvalue weighted by Gasteiger charge is -2.34. The number of benzene rings is 1. The number of carbonyl (C=O) groups excluding carboxylic acids is 1. The molecule has 1 aliphatic heterocycles. The molecule has 7 heteroatoms. The van der Waals surface area contributed by atoms with Crippen LogP contribution in [0.2, 0.25) is 0 Å². The SMILES string of the molecule is CCc1nc2c(OC)cccn2c1C(=O)Nc1ccc(N2CCN(C)CC2)cc1. The van der Waals surface area contributed by atoms with Gasteiger partial charge >= 0.3 is 0 Å². The van der Waals surface area contributed by atoms with E-state index in [2.05, 4.69) is 39.3 Å². The molecule has 1 amide bonds. The van der Waals surface area contributed by atoms with E-state index in [9.17, 15) is 4.79 Å². The van der Waals surface area contributed by atoms with Gasteiger partial charge in [-0.3, -0.25) is 9.20 Å². The van der Waals surface area contributed by atoms with Gasteiger partial charge in [0.25, 0.3) is 5.91 Å². The van der Waals surface area contributed by atoms with Crippen molar-refractivity contribution in [3.63, 3.8) is 0 Å². The maximum atomic E-state index is 13.1. The number of amides is 1. The third-order valence-corrected chi connectivity index (χ3v) is 5.45. The Labute approximate surface area is 170 Å². The summed E-state index contributed by atoms with van der Waals surface area (Å²) in [6.45, 7) is 6.17. The van der Waals surface area contributed by atoms with Crippen molar-refractivity contribution in [1.29, 1.82) is 0 Å². The van der Waals surface area contributed by atoms with Gasteiger partial charge in [0.2, 0.25) is 0 Å². The first-order chi connectivity index (χ1) is 14.1. The molecule has 152 valence electrons. The summed E-state index contributed by atoms with van der Waals surface area (Å²) in [5, 5.41) is 3.02. The number of carbonyl (C=O) groups is 1. The molecule has 0 unspecified atom stereocenters. The van der Waals surface area contributed by atoms with Gasteiger partial charge in [-0.2, -0.15) is 0 Å². The number of ether oxygens (including phenoxy) is 1. The van der Waals surface area contributed by atoms with Gasteiger partial charge in [-0.15, -0.1) is 0 Å². The number of hydrogen-bond acceptors (Lipinski definition) is 5. The number of nitrogens with zero attached hydrogens (tertiary/aromatic N) is 4. The predicted octanol–water partition coefficient (Wildman–Crippen LogP) is 2.91. The minimum Gasteiger partial charge on any atom is -0.493 e. The van der Waals surface area contributed by atoms with Crippen LogP contribution >= 0.6 is 0 Å². The normalized spacial score (nSPS) is 14.9. The lowest BCUT2D eigenvalue weighted by atomic mass is 10.2. The molecular weight excluding hydrogens is 366 g/mol. The zero-order valence-corrected chi connectivity index (χ0v) is 17.2. The van der Waals surface area contributed by atoms with Crippen molar-refractivity contribution in [3.05, 3.63) is 54.0 Å². The zero-order chi connectivity index (χ0) is 20.4. The highest BCUT2D eigenvalue weighted by Crippen LogP contribution is 2.24. The van der Waals surface area contributed by atoms with Gasteiger partial charge in [0, 0.05) is 43.8 Å². The Morgan fingerprint density at radius 1 is 1.14 bits per heavy atom. The Morgan fingerprint density at radius 2 is 1.86 bits per heavy atom. The zero-order valence-electron chi connectivity index (χ0n) is 17.2. The second kappa shape index (κ2) is 8.13. The van der Waals surface area contributed by atoms with Gasteiger partial charge in [0.1, 0.15) is 5.69 Å². The van der Waals surface area contributed by atoms with Crippen LogP contribution in [0.25, 0.3) is 5.65 Å². The first-order valence-electron chi connectivity index (χ1n) is 9.99. The number of aryl methyl sites for hydroxylation is 1. The topological polar surface area (TPSA) is 62.1 Å². The molecule has 1 saturated heterocycles. The Bertz CT molecular complexity index is 1000. The number of nitrogens with one attached hydrogen (secondary N) is 1. The average Bonchev–Trinajstić information content (AvgIpc) is 3.14. The number of likely N-dealkylation sites (N-methyl/N-ethyl adjacent to an activating group) is 1. The smallest absolute Gasteiger partial charge is 0.274 e. The number of anilines is 2. The molecule has 29 heavy (non-hydrogen) atoms. The summed E-state index contributed by atoms with van der Waals surface area (Å²) in [4.78, 5) is 22.4. The number of piperazine rings is 1. The standard InChI is InChI=1S/C22H27N5O2/c1-4-18-20(27-11-5-6-19(29-3)21(27)24-18)22(28)23-16-7-9-17(10-8-16)26-14-12-25(2)13-15-26/h5-11H,4,12-15H2,1-3H3,(H,23,28). The van der Waals surface area contributed by atoms with Crippen molar-refractivity contribution in [1.82, 2.24) is 14.3 Å². The van der Waals surface area contributed by atoms with Crippen LogP contribution < -0.4 is 15.0 Å². The van der Waals surface area contributed by atoms with Gasteiger partial charge in [0.05, 0.1) is 12.8 Å². The highest BCUT2D eigenvalue weighted by Gasteiger charge is 2.20. The van der Waals surface area contributed by atoms with Gasteiger partial charge in [-0.25, -0.2) is 4.98 Å². The first-order valence-corrected chi connectivity index (χ1v) is 9.99. The minimum absolute atomic E-state index is 0.171. The number of hydrogen-bond donors (Lipinski definition) is 1. The van der Waals surface area contributed by atoms with Crippen LogP contribution in [0.3, 0.4) is 0 Å². The number of methoxy groups -OCH3 is 1. The van der Waals surface area contributed by atoms with Crippen LogP contribution in [0.15, 0.2) is 42.6 Å². The fraction of sp³-hybridized carbons (Fsp3) is 0.364. The van der Waals surface area contributed by atoms with E-state index in [1.54, 1.807) is 11.5 Å². The van der Waals surface area contributed by atoms with E-state index >= 15 is 0 Å². The average molecular weight is 393 g/mol. The maximum absolute atomic E-state index is 13.1. The Hall–Kier alpha value is -3.06. The van der Waals surface area contributed by atoms with Crippen molar-refractivity contribution < 1.29 is 9.53 Å². The van der Waals surface area contributed by atoms with Crippen molar-refractivity contribution in [3.8, 4) is 5.75 Å². The molecule has 0 aliphatic carbocycles. The van der Waals surface area contributed by atoms with Gasteiger partial charge in [-0.1, -0.05) is 6.92 Å². The van der Waals surface area contributed by atoms with E-state index in [-0.39, 0.29) is 5.91 Å². The summed E-state index contributed by atoms with van der Waals surface area (Å²) in [5.74, 6) is 0.479. The molecule has 1 aliphatic rings. The third kappa shape index (κ3) is 3.78. The molecule has 0 spiro atoms. The lowest BCUT2D eigenvalue weighted by Crippen LogP contribution is -2.44. The van der Waals surface area contributed by atoms with Crippen molar-refractivity contribution >= 4 is 22.9 Å². The Kier molecular flexibility index (Phi) is 5.40. The molecule has 0 atom stereocenters. The molecular formula is C22H27N5O2. The number of rotatable bonds is 5. The third-order valence-electron chi connectivity index (χ3n) is 5.45. The Morgan fingerprint density at radius 3 is 2.52 bits per heavy atom. The van der Waals surface area contributed by atoms with E-state index in [4.69, 9.17) is 4.74 Å². The summed E-state index contributed by atoms with van der Waals surface area (Å²) >= 11 is 0. The van der Waals surface area contributed by atoms with Crippen molar-refractivity contribution in [2.24, 2.45) is 0 Å². The molecule has 0 bridgehead atoms. The maximum Gasteiger partial charge on any atom is 0.274 e. The largest absolute Gasteiger partial charge is 0.493 e. The van der Waals surface area contributed by atoms with Gasteiger partial charge < -0.3 is 19.9 Å². The van der Waals surface area contributed by atoms with Crippen LogP contribution in [0.4, 0.5) is 11.4 Å². The highest BCUT2D eigenvalue weighted by molar-refractivity contribution is 6.04. The fourth-order valence-electron chi connectivity index (χ4n) is 3.75. The second-order valence-corrected chi connectivity index (χ2v) is 7.32. The minimum atomic E-state index is -0.171. The van der Waals surface area contributed by atoms with E-state index in [0.717, 1.165) is 37.6 Å². The highest BCUT2D eigenvalue weighted by atomic mass is 16.5. The molecule has 4 rings (SSSR count). The van der Waals surface area contributed by atoms with Crippen LogP contribution in [-0.2, 0) is 6.42 Å². The molecule has 0 saturated carbocycles. The monoisotopic (exact) mass is 393 g/mol. The van der Waals surface area contributed by atoms with E-state index in [0.29, 0.717) is 23.5 Å². The molecule has 1 fully saturated rings. The number of fused-ring (bicyclic) bond motifs is 1. The first kappa shape index (κ1) is 19.3. The second-order valence-electron chi connectivity index (χ2n) is 7.32. The molecule has 3 aromatic rings. The van der Waals surface area contributed by atoms with Crippen LogP contribution in [0, 0.1) is 0 Å². The summed E-state index contributed by atoms with van der Waals surface area (Å²) < 4.78 is 7.19. The van der Waals surface area contributed by atoms with Gasteiger partial charge in [-0.05, 0) is 49.9 Å². The molecule has 0 radical (unpaired) electrons. The van der Waals surface area contributed by atoms with Crippen LogP contribution in [0.1, 0.15) is 23.1 Å². The van der Waals surface area contributed by atoms with Crippen molar-refractivity contribution in [2.75, 3.05) is 50.6 Å². The van der Waals surface area contributed by atoms with Crippen molar-refractivity contribution in [2.45, 2.75) is 13.3 Å². The Balaban J connectivity index is 1.55. The molecule has 7 nitrogen and oxygen atoms in total. The van der Waals surface area contributed by atoms with E-state index in [1.165, 1.54) is 5.69 Å². The molecule has 1 N–H and O–H groups in total. The van der Waals surface area contributed by atoms with E-state index in [1.807, 2.05) is 37.4 Å². The molecule has 2 aromatic heterocycles. The molecule has 3 heterocycles. The molecule has 1 aromatic carbocycles. The van der Waals surface area contributed by atoms with Crippen LogP contribution in [-0.4, -0.2) is 60.5 Å². The summed E-state index contributed by atoms with van der Waals surface area (Å²) in [6, 6.07) is 11.8. The van der Waals surface area contributed by atoms with Crippen LogP contribution in [0.5, 0.6) is 5.75 Å². The lowest BCUT2D eigenvalue weighted by molar-refractivity contribution is 0.102. The fourth-order valence-corrected chi connectivity index (χ4v) is 3.75. The number of pyridine rings is 1. The summed E-state index contributed by atoms with van der Waals surface area (Å²) in [5.41, 5.74) is 3.91. The van der Waals surface area contributed by atoms with Gasteiger partial charge in [0.15, 0.2) is 11.4 Å². The summed E-state index contributed by atoms with van der Waals surface area (Å²) in [7, 11) is 3.76. The number of imidazole rings is 1. The quantitative estimate of drug-likeness (QED) is 0.722. The summed E-state index contributed by atoms with van der Waals surface area (Å²) in [6.07, 6.45) is 2.51.